The summed E-state index contributed by atoms with van der Waals surface area (Å²) < 4.78 is 7.18. The summed E-state index contributed by atoms with van der Waals surface area (Å²) in [5, 5.41) is 0.639. The number of nitrogens with zero attached hydrogens (tertiary/aromatic N) is 1. The molecule has 18 heavy (non-hydrogen) atoms. The van der Waals surface area contributed by atoms with Gasteiger partial charge in [0, 0.05) is 16.8 Å². The minimum Gasteiger partial charge on any atom is -0.492 e. The average molecular weight is 264 g/mol. The van der Waals surface area contributed by atoms with Crippen LogP contribution in [0, 0.1) is 6.92 Å². The number of pyridine rings is 1. The topological polar surface area (TPSA) is 31.2 Å². The van der Waals surface area contributed by atoms with E-state index in [1.54, 1.807) is 35.9 Å². The second-order valence-electron chi connectivity index (χ2n) is 4.00. The number of aryl methyl sites for hydroxylation is 1. The second kappa shape index (κ2) is 5.74. The highest BCUT2D eigenvalue weighted by Gasteiger charge is 1.99. The van der Waals surface area contributed by atoms with Gasteiger partial charge >= 0.3 is 0 Å². The first-order chi connectivity index (χ1) is 8.66. The monoisotopic (exact) mass is 263 g/mol. The zero-order valence-electron chi connectivity index (χ0n) is 10.1. The largest absolute Gasteiger partial charge is 0.492 e. The third kappa shape index (κ3) is 3.14. The van der Waals surface area contributed by atoms with Gasteiger partial charge in [-0.05, 0) is 31.2 Å². The van der Waals surface area contributed by atoms with E-state index in [-0.39, 0.29) is 5.56 Å². The Bertz CT molecular complexity index is 592. The summed E-state index contributed by atoms with van der Waals surface area (Å²) >= 11 is 5.85. The normalized spacial score (nSPS) is 10.3. The molecule has 1 aromatic heterocycles. The Labute approximate surface area is 111 Å². The summed E-state index contributed by atoms with van der Waals surface area (Å²) in [6.45, 7) is 2.76. The van der Waals surface area contributed by atoms with Crippen molar-refractivity contribution in [3.05, 3.63) is 63.5 Å². The minimum absolute atomic E-state index is 0.0206. The highest BCUT2D eigenvalue weighted by molar-refractivity contribution is 6.30. The van der Waals surface area contributed by atoms with Crippen LogP contribution in [0.1, 0.15) is 5.56 Å². The second-order valence-corrected chi connectivity index (χ2v) is 4.43. The van der Waals surface area contributed by atoms with Gasteiger partial charge < -0.3 is 9.30 Å². The van der Waals surface area contributed by atoms with Crippen molar-refractivity contribution in [2.45, 2.75) is 13.5 Å². The van der Waals surface area contributed by atoms with Crippen molar-refractivity contribution in [2.75, 3.05) is 6.61 Å². The smallest absolute Gasteiger partial charge is 0.253 e. The molecule has 0 amide bonds. The quantitative estimate of drug-likeness (QED) is 0.849. The van der Waals surface area contributed by atoms with Gasteiger partial charge in [-0.1, -0.05) is 23.7 Å². The third-order valence-electron chi connectivity index (χ3n) is 2.61. The molecule has 0 unspecified atom stereocenters. The highest BCUT2D eigenvalue weighted by atomic mass is 35.5. The molecule has 1 heterocycles. The molecule has 0 spiro atoms. The van der Waals surface area contributed by atoms with Gasteiger partial charge in [0.1, 0.15) is 12.4 Å². The van der Waals surface area contributed by atoms with Crippen molar-refractivity contribution in [3.8, 4) is 5.75 Å². The van der Waals surface area contributed by atoms with E-state index in [4.69, 9.17) is 16.3 Å². The van der Waals surface area contributed by atoms with E-state index in [0.717, 1.165) is 5.56 Å². The Morgan fingerprint density at radius 3 is 2.89 bits per heavy atom. The fourth-order valence-corrected chi connectivity index (χ4v) is 1.83. The highest BCUT2D eigenvalue weighted by Crippen LogP contribution is 2.16. The molecule has 0 saturated heterocycles. The molecule has 2 rings (SSSR count). The Balaban J connectivity index is 1.97. The Kier molecular flexibility index (Phi) is 4.05. The number of hydrogen-bond donors (Lipinski definition) is 0. The summed E-state index contributed by atoms with van der Waals surface area (Å²) in [5.41, 5.74) is 0.757. The van der Waals surface area contributed by atoms with Gasteiger partial charge in [-0.15, -0.1) is 0 Å². The maximum absolute atomic E-state index is 11.8. The van der Waals surface area contributed by atoms with Crippen molar-refractivity contribution < 1.29 is 4.74 Å². The van der Waals surface area contributed by atoms with E-state index in [9.17, 15) is 4.79 Å². The first kappa shape index (κ1) is 12.7. The summed E-state index contributed by atoms with van der Waals surface area (Å²) in [4.78, 5) is 11.8. The fourth-order valence-electron chi connectivity index (χ4n) is 1.65. The zero-order chi connectivity index (χ0) is 13.0. The molecule has 0 aliphatic heterocycles. The van der Waals surface area contributed by atoms with E-state index < -0.39 is 0 Å². The molecule has 0 radical (unpaired) electrons. The molecule has 1 aromatic carbocycles. The van der Waals surface area contributed by atoms with Crippen LogP contribution in [0.4, 0.5) is 0 Å². The molecule has 0 atom stereocenters. The molecular formula is C14H14ClNO2. The first-order valence-corrected chi connectivity index (χ1v) is 6.09. The lowest BCUT2D eigenvalue weighted by Crippen LogP contribution is -2.23. The van der Waals surface area contributed by atoms with Gasteiger partial charge in [-0.25, -0.2) is 0 Å². The zero-order valence-corrected chi connectivity index (χ0v) is 10.9. The van der Waals surface area contributed by atoms with E-state index in [0.29, 0.717) is 23.9 Å². The summed E-state index contributed by atoms with van der Waals surface area (Å²) in [6.07, 6.45) is 1.76. The van der Waals surface area contributed by atoms with Crippen LogP contribution in [-0.2, 0) is 6.54 Å². The molecule has 0 saturated carbocycles. The van der Waals surface area contributed by atoms with Gasteiger partial charge in [0.05, 0.1) is 6.54 Å². The minimum atomic E-state index is 0.0206. The number of hydrogen-bond acceptors (Lipinski definition) is 2. The Hall–Kier alpha value is -1.74. The van der Waals surface area contributed by atoms with Crippen molar-refractivity contribution in [3.63, 3.8) is 0 Å². The number of benzene rings is 1. The number of rotatable bonds is 4. The van der Waals surface area contributed by atoms with Crippen molar-refractivity contribution in [2.24, 2.45) is 0 Å². The predicted molar refractivity (Wildman–Crippen MR) is 72.4 cm³/mol. The lowest BCUT2D eigenvalue weighted by atomic mass is 10.3. The Morgan fingerprint density at radius 1 is 1.28 bits per heavy atom. The van der Waals surface area contributed by atoms with Crippen LogP contribution in [0.15, 0.2) is 47.4 Å². The van der Waals surface area contributed by atoms with Gasteiger partial charge in [0.25, 0.3) is 5.56 Å². The SMILES string of the molecule is Cc1cccn(CCOc2cccc(Cl)c2)c1=O. The van der Waals surface area contributed by atoms with Crippen molar-refractivity contribution >= 4 is 11.6 Å². The number of aromatic nitrogens is 1. The molecule has 0 bridgehead atoms. The maximum Gasteiger partial charge on any atom is 0.253 e. The van der Waals surface area contributed by atoms with Crippen molar-refractivity contribution in [1.29, 1.82) is 0 Å². The van der Waals surface area contributed by atoms with Gasteiger partial charge in [-0.2, -0.15) is 0 Å². The molecule has 94 valence electrons. The molecule has 3 nitrogen and oxygen atoms in total. The van der Waals surface area contributed by atoms with Gasteiger partial charge in [-0.3, -0.25) is 4.79 Å². The van der Waals surface area contributed by atoms with Crippen LogP contribution in [-0.4, -0.2) is 11.2 Å². The Morgan fingerprint density at radius 2 is 2.11 bits per heavy atom. The average Bonchev–Trinajstić information content (AvgIpc) is 2.35. The van der Waals surface area contributed by atoms with Gasteiger partial charge in [0.15, 0.2) is 0 Å². The van der Waals surface area contributed by atoms with Crippen LogP contribution in [0.25, 0.3) is 0 Å². The molecule has 0 N–H and O–H groups in total. The molecule has 2 aromatic rings. The number of halogens is 1. The summed E-state index contributed by atoms with van der Waals surface area (Å²) in [7, 11) is 0. The fraction of sp³-hybridized carbons (Fsp3) is 0.214. The maximum atomic E-state index is 11.8. The summed E-state index contributed by atoms with van der Waals surface area (Å²) in [5.74, 6) is 0.711. The molecule has 4 heteroatoms. The lowest BCUT2D eigenvalue weighted by Gasteiger charge is -2.08. The van der Waals surface area contributed by atoms with Crippen LogP contribution in [0.3, 0.4) is 0 Å². The van der Waals surface area contributed by atoms with Gasteiger partial charge in [0.2, 0.25) is 0 Å². The molecule has 0 aliphatic carbocycles. The standard InChI is InChI=1S/C14H14ClNO2/c1-11-4-3-7-16(14(11)17)8-9-18-13-6-2-5-12(15)10-13/h2-7,10H,8-9H2,1H3. The molecular weight excluding hydrogens is 250 g/mol. The van der Waals surface area contributed by atoms with E-state index in [2.05, 4.69) is 0 Å². The molecule has 0 fully saturated rings. The predicted octanol–water partition coefficient (Wildman–Crippen LogP) is 2.89. The van der Waals surface area contributed by atoms with E-state index >= 15 is 0 Å². The van der Waals surface area contributed by atoms with Crippen LogP contribution in [0.5, 0.6) is 5.75 Å². The van der Waals surface area contributed by atoms with Crippen LogP contribution >= 0.6 is 11.6 Å². The van der Waals surface area contributed by atoms with Crippen LogP contribution in [0.2, 0.25) is 5.02 Å². The summed E-state index contributed by atoms with van der Waals surface area (Å²) in [6, 6.07) is 10.9. The van der Waals surface area contributed by atoms with E-state index in [1.807, 2.05) is 18.2 Å². The number of ether oxygens (including phenoxy) is 1. The third-order valence-corrected chi connectivity index (χ3v) is 2.84. The first-order valence-electron chi connectivity index (χ1n) is 5.71. The van der Waals surface area contributed by atoms with Crippen molar-refractivity contribution in [1.82, 2.24) is 4.57 Å². The van der Waals surface area contributed by atoms with E-state index in [1.165, 1.54) is 0 Å². The lowest BCUT2D eigenvalue weighted by molar-refractivity contribution is 0.296. The molecule has 0 aliphatic rings. The van der Waals surface area contributed by atoms with Crippen LogP contribution < -0.4 is 10.3 Å².